The van der Waals surface area contributed by atoms with Gasteiger partial charge >= 0.3 is 0 Å². The van der Waals surface area contributed by atoms with E-state index >= 15 is 0 Å². The van der Waals surface area contributed by atoms with Crippen molar-refractivity contribution in [2.75, 3.05) is 0 Å². The molecule has 3 atom stereocenters. The lowest BCUT2D eigenvalue weighted by molar-refractivity contribution is 0.171. The van der Waals surface area contributed by atoms with Gasteiger partial charge in [-0.1, -0.05) is 38.8 Å². The molecule has 0 aliphatic heterocycles. The average Bonchev–Trinajstić information content (AvgIpc) is 2.82. The van der Waals surface area contributed by atoms with E-state index < -0.39 is 0 Å². The first-order valence-corrected chi connectivity index (χ1v) is 8.58. The molecule has 3 rings (SSSR count). The van der Waals surface area contributed by atoms with Gasteiger partial charge in [-0.3, -0.25) is 0 Å². The van der Waals surface area contributed by atoms with E-state index in [1.165, 1.54) is 51.4 Å². The summed E-state index contributed by atoms with van der Waals surface area (Å²) in [6.45, 7) is 7.36. The van der Waals surface area contributed by atoms with E-state index in [-0.39, 0.29) is 0 Å². The molecule has 0 aromatic heterocycles. The van der Waals surface area contributed by atoms with Crippen LogP contribution in [0.2, 0.25) is 0 Å². The highest BCUT2D eigenvalue weighted by atomic mass is 14.4. The van der Waals surface area contributed by atoms with Crippen LogP contribution in [-0.2, 0) is 0 Å². The molecule has 0 radical (unpaired) electrons. The lowest BCUT2D eigenvalue weighted by Gasteiger charge is -2.39. The maximum atomic E-state index is 2.62. The Morgan fingerprint density at radius 2 is 1.89 bits per heavy atom. The molecule has 1 saturated carbocycles. The Morgan fingerprint density at radius 1 is 1.11 bits per heavy atom. The van der Waals surface area contributed by atoms with Crippen molar-refractivity contribution in [3.8, 4) is 0 Å². The summed E-state index contributed by atoms with van der Waals surface area (Å²) in [6.07, 6.45) is 13.9. The molecule has 0 aromatic carbocycles. The monoisotopic (exact) mass is 258 g/mol. The topological polar surface area (TPSA) is 0 Å². The van der Waals surface area contributed by atoms with Crippen LogP contribution < -0.4 is 0 Å². The lowest BCUT2D eigenvalue weighted by Crippen LogP contribution is -2.29. The molecule has 0 heteroatoms. The molecule has 0 saturated heterocycles. The summed E-state index contributed by atoms with van der Waals surface area (Å²) in [5, 5.41) is 0. The maximum absolute atomic E-state index is 2.62. The minimum Gasteiger partial charge on any atom is -0.0767 e. The quantitative estimate of drug-likeness (QED) is 0.579. The highest BCUT2D eigenvalue weighted by Gasteiger charge is 2.36. The molecule has 3 aliphatic carbocycles. The first-order valence-electron chi connectivity index (χ1n) is 8.58. The lowest BCUT2D eigenvalue weighted by atomic mass is 9.66. The summed E-state index contributed by atoms with van der Waals surface area (Å²) in [4.78, 5) is 0. The molecule has 106 valence electrons. The summed E-state index contributed by atoms with van der Waals surface area (Å²) in [6, 6.07) is 0. The normalized spacial score (nSPS) is 35.6. The molecular formula is C19H30. The third kappa shape index (κ3) is 2.56. The molecule has 0 heterocycles. The van der Waals surface area contributed by atoms with Crippen LogP contribution >= 0.6 is 0 Å². The second kappa shape index (κ2) is 5.46. The number of rotatable bonds is 2. The predicted molar refractivity (Wildman–Crippen MR) is 83.0 cm³/mol. The van der Waals surface area contributed by atoms with Gasteiger partial charge in [0.2, 0.25) is 0 Å². The van der Waals surface area contributed by atoms with Crippen molar-refractivity contribution in [1.82, 2.24) is 0 Å². The third-order valence-electron chi connectivity index (χ3n) is 5.92. The first-order chi connectivity index (χ1) is 9.16. The molecule has 19 heavy (non-hydrogen) atoms. The maximum Gasteiger partial charge on any atom is -0.0127 e. The van der Waals surface area contributed by atoms with E-state index in [4.69, 9.17) is 0 Å². The van der Waals surface area contributed by atoms with Gasteiger partial charge in [-0.25, -0.2) is 0 Å². The third-order valence-corrected chi connectivity index (χ3v) is 5.92. The summed E-state index contributed by atoms with van der Waals surface area (Å²) < 4.78 is 0. The highest BCUT2D eigenvalue weighted by molar-refractivity contribution is 5.45. The Kier molecular flexibility index (Phi) is 3.87. The van der Waals surface area contributed by atoms with Gasteiger partial charge in [0.05, 0.1) is 0 Å². The van der Waals surface area contributed by atoms with Crippen LogP contribution in [0, 0.1) is 23.7 Å². The fourth-order valence-electron chi connectivity index (χ4n) is 4.83. The van der Waals surface area contributed by atoms with Gasteiger partial charge in [-0.2, -0.15) is 0 Å². The Balaban J connectivity index is 1.84. The Hall–Kier alpha value is -0.520. The SMILES string of the molecule is CC1CCC(C(C)C)C(C2=CCC3=C2CCCC3)C1. The van der Waals surface area contributed by atoms with Crippen LogP contribution in [-0.4, -0.2) is 0 Å². The minimum absolute atomic E-state index is 0.853. The van der Waals surface area contributed by atoms with Crippen molar-refractivity contribution in [3.05, 3.63) is 22.8 Å². The van der Waals surface area contributed by atoms with Gasteiger partial charge in [0.25, 0.3) is 0 Å². The van der Waals surface area contributed by atoms with Gasteiger partial charge < -0.3 is 0 Å². The van der Waals surface area contributed by atoms with E-state index in [0.717, 1.165) is 23.7 Å². The Bertz CT molecular complexity index is 396. The van der Waals surface area contributed by atoms with Crippen LogP contribution in [0.1, 0.15) is 72.1 Å². The van der Waals surface area contributed by atoms with E-state index in [2.05, 4.69) is 26.8 Å². The number of allylic oxidation sites excluding steroid dienone is 4. The number of hydrogen-bond donors (Lipinski definition) is 0. The van der Waals surface area contributed by atoms with E-state index in [0.29, 0.717) is 0 Å². The fourth-order valence-corrected chi connectivity index (χ4v) is 4.83. The van der Waals surface area contributed by atoms with Crippen molar-refractivity contribution >= 4 is 0 Å². The largest absolute Gasteiger partial charge is 0.0767 e. The zero-order chi connectivity index (χ0) is 13.4. The van der Waals surface area contributed by atoms with Crippen molar-refractivity contribution in [3.63, 3.8) is 0 Å². The zero-order valence-corrected chi connectivity index (χ0v) is 13.0. The van der Waals surface area contributed by atoms with E-state index in [9.17, 15) is 0 Å². The zero-order valence-electron chi connectivity index (χ0n) is 13.0. The standard InChI is InChI=1S/C19H30/c1-13(2)16-10-8-14(3)12-19(16)18-11-9-15-6-4-5-7-17(15)18/h11,13-14,16,19H,4-10,12H2,1-3H3. The first kappa shape index (κ1) is 13.5. The van der Waals surface area contributed by atoms with Crippen molar-refractivity contribution in [2.45, 2.75) is 72.1 Å². The average molecular weight is 258 g/mol. The molecule has 0 spiro atoms. The smallest absolute Gasteiger partial charge is 0.0127 e. The van der Waals surface area contributed by atoms with Crippen LogP contribution in [0.25, 0.3) is 0 Å². The molecule has 0 aromatic rings. The van der Waals surface area contributed by atoms with Gasteiger partial charge in [0.15, 0.2) is 0 Å². The fraction of sp³-hybridized carbons (Fsp3) is 0.789. The molecule has 0 N–H and O–H groups in total. The van der Waals surface area contributed by atoms with Crippen molar-refractivity contribution in [2.24, 2.45) is 23.7 Å². The molecule has 3 aliphatic rings. The Morgan fingerprint density at radius 3 is 2.68 bits per heavy atom. The van der Waals surface area contributed by atoms with Gasteiger partial charge in [-0.05, 0) is 79.8 Å². The van der Waals surface area contributed by atoms with Gasteiger partial charge in [0, 0.05) is 0 Å². The van der Waals surface area contributed by atoms with Crippen LogP contribution in [0.5, 0.6) is 0 Å². The molecular weight excluding hydrogens is 228 g/mol. The van der Waals surface area contributed by atoms with Crippen LogP contribution in [0.4, 0.5) is 0 Å². The number of hydrogen-bond acceptors (Lipinski definition) is 0. The van der Waals surface area contributed by atoms with Gasteiger partial charge in [-0.15, -0.1) is 0 Å². The summed E-state index contributed by atoms with van der Waals surface area (Å²) >= 11 is 0. The second-order valence-corrected chi connectivity index (χ2v) is 7.59. The molecule has 0 nitrogen and oxygen atoms in total. The summed E-state index contributed by atoms with van der Waals surface area (Å²) in [5.74, 6) is 3.62. The summed E-state index contributed by atoms with van der Waals surface area (Å²) in [5.41, 5.74) is 5.43. The van der Waals surface area contributed by atoms with Crippen LogP contribution in [0.15, 0.2) is 22.8 Å². The minimum atomic E-state index is 0.853. The highest BCUT2D eigenvalue weighted by Crippen LogP contribution is 2.48. The van der Waals surface area contributed by atoms with E-state index in [1.807, 2.05) is 11.1 Å². The van der Waals surface area contributed by atoms with Crippen LogP contribution in [0.3, 0.4) is 0 Å². The Labute approximate surface area is 119 Å². The van der Waals surface area contributed by atoms with Crippen molar-refractivity contribution < 1.29 is 0 Å². The summed E-state index contributed by atoms with van der Waals surface area (Å²) in [7, 11) is 0. The molecule has 3 unspecified atom stereocenters. The molecule has 0 amide bonds. The second-order valence-electron chi connectivity index (χ2n) is 7.59. The molecule has 0 bridgehead atoms. The van der Waals surface area contributed by atoms with Crippen molar-refractivity contribution in [1.29, 1.82) is 0 Å². The van der Waals surface area contributed by atoms with E-state index in [1.54, 1.807) is 5.57 Å². The molecule has 1 fully saturated rings. The van der Waals surface area contributed by atoms with Gasteiger partial charge in [0.1, 0.15) is 0 Å². The predicted octanol–water partition coefficient (Wildman–Crippen LogP) is 5.90.